The number of aliphatic hydroxyl groups is 1. The first-order valence-corrected chi connectivity index (χ1v) is 10.9. The Morgan fingerprint density at radius 1 is 1.04 bits per heavy atom. The van der Waals surface area contributed by atoms with Crippen molar-refractivity contribution < 1.29 is 5.11 Å². The van der Waals surface area contributed by atoms with Gasteiger partial charge in [-0.1, -0.05) is 84.3 Å². The summed E-state index contributed by atoms with van der Waals surface area (Å²) in [6.45, 7) is 2.28. The molecule has 0 aliphatic heterocycles. The number of allylic oxidation sites excluding steroid dienone is 6. The van der Waals surface area contributed by atoms with Crippen LogP contribution in [0.15, 0.2) is 64.7 Å². The van der Waals surface area contributed by atoms with E-state index in [0.717, 1.165) is 44.1 Å². The summed E-state index contributed by atoms with van der Waals surface area (Å²) < 4.78 is 1.24. The largest absolute Gasteiger partial charge is 0.385 e. The Kier molecular flexibility index (Phi) is 6.94. The van der Waals surface area contributed by atoms with Crippen LogP contribution in [0.5, 0.6) is 0 Å². The number of hydrogen-bond acceptors (Lipinski definition) is 1. The molecule has 3 unspecified atom stereocenters. The Bertz CT molecular complexity index is 673. The zero-order chi connectivity index (χ0) is 18.4. The molecule has 1 aromatic rings. The SMILES string of the molecule is CC1C=CC=C(Br)C(C2CCCCC(O)(c3ccccc3)CCC2)=CC1. The number of halogens is 1. The average molecular weight is 415 g/mol. The van der Waals surface area contributed by atoms with Crippen molar-refractivity contribution in [3.05, 3.63) is 70.3 Å². The molecule has 3 atom stereocenters. The third kappa shape index (κ3) is 4.98. The highest BCUT2D eigenvalue weighted by molar-refractivity contribution is 9.12. The molecule has 0 amide bonds. The van der Waals surface area contributed by atoms with E-state index in [1.807, 2.05) is 18.2 Å². The van der Waals surface area contributed by atoms with Crippen LogP contribution in [0, 0.1) is 11.8 Å². The highest BCUT2D eigenvalue weighted by Crippen LogP contribution is 2.39. The Labute approximate surface area is 167 Å². The second-order valence-corrected chi connectivity index (χ2v) is 8.86. The predicted molar refractivity (Wildman–Crippen MR) is 114 cm³/mol. The van der Waals surface area contributed by atoms with Gasteiger partial charge < -0.3 is 5.11 Å². The second kappa shape index (κ2) is 9.19. The van der Waals surface area contributed by atoms with Crippen LogP contribution in [0.2, 0.25) is 0 Å². The van der Waals surface area contributed by atoms with Crippen LogP contribution in [-0.2, 0) is 5.60 Å². The maximum absolute atomic E-state index is 11.3. The molecule has 1 nitrogen and oxygen atoms in total. The van der Waals surface area contributed by atoms with Crippen LogP contribution < -0.4 is 0 Å². The molecule has 1 saturated carbocycles. The third-order valence-electron chi connectivity index (χ3n) is 5.95. The van der Waals surface area contributed by atoms with Crippen molar-refractivity contribution in [2.24, 2.45) is 11.8 Å². The molecule has 0 bridgehead atoms. The van der Waals surface area contributed by atoms with E-state index in [1.165, 1.54) is 22.9 Å². The normalized spacial score (nSPS) is 30.9. The number of hydrogen-bond donors (Lipinski definition) is 1. The minimum Gasteiger partial charge on any atom is -0.385 e. The monoisotopic (exact) mass is 414 g/mol. The topological polar surface area (TPSA) is 20.2 Å². The average Bonchev–Trinajstić information content (AvgIpc) is 2.73. The predicted octanol–water partition coefficient (Wildman–Crippen LogP) is 7.04. The van der Waals surface area contributed by atoms with Crippen molar-refractivity contribution in [1.29, 1.82) is 0 Å². The van der Waals surface area contributed by atoms with Crippen molar-refractivity contribution in [1.82, 2.24) is 0 Å². The zero-order valence-electron chi connectivity index (χ0n) is 15.8. The lowest BCUT2D eigenvalue weighted by Crippen LogP contribution is -2.25. The van der Waals surface area contributed by atoms with Crippen LogP contribution in [0.4, 0.5) is 0 Å². The third-order valence-corrected chi connectivity index (χ3v) is 6.68. The van der Waals surface area contributed by atoms with Gasteiger partial charge in [-0.3, -0.25) is 0 Å². The molecule has 2 aliphatic carbocycles. The van der Waals surface area contributed by atoms with E-state index in [2.05, 4.69) is 59.3 Å². The standard InChI is InChI=1S/C24H31BrO/c1-19-9-7-14-23(25)22(16-15-19)20-10-5-6-17-24(26,18-8-11-20)21-12-3-2-4-13-21/h2-4,7,9,12-14,16,19-20,26H,5-6,8,10-11,15,17-18H2,1H3. The smallest absolute Gasteiger partial charge is 0.0896 e. The first-order valence-electron chi connectivity index (χ1n) is 10.1. The lowest BCUT2D eigenvalue weighted by molar-refractivity contribution is 0.0149. The van der Waals surface area contributed by atoms with E-state index in [4.69, 9.17) is 0 Å². The summed E-state index contributed by atoms with van der Waals surface area (Å²) in [6.07, 6.45) is 17.7. The van der Waals surface area contributed by atoms with E-state index in [0.29, 0.717) is 11.8 Å². The molecular formula is C24H31BrO. The van der Waals surface area contributed by atoms with Crippen LogP contribution in [0.25, 0.3) is 0 Å². The van der Waals surface area contributed by atoms with Crippen molar-refractivity contribution in [2.45, 2.75) is 63.9 Å². The van der Waals surface area contributed by atoms with Gasteiger partial charge in [0.05, 0.1) is 5.60 Å². The first-order chi connectivity index (χ1) is 12.6. The fourth-order valence-electron chi connectivity index (χ4n) is 4.34. The van der Waals surface area contributed by atoms with Crippen LogP contribution in [-0.4, -0.2) is 5.11 Å². The number of benzene rings is 1. The maximum atomic E-state index is 11.3. The molecule has 26 heavy (non-hydrogen) atoms. The Morgan fingerprint density at radius 3 is 2.58 bits per heavy atom. The Hall–Kier alpha value is -1.12. The van der Waals surface area contributed by atoms with E-state index in [1.54, 1.807) is 0 Å². The Morgan fingerprint density at radius 2 is 1.77 bits per heavy atom. The second-order valence-electron chi connectivity index (χ2n) is 8.00. The van der Waals surface area contributed by atoms with Gasteiger partial charge in [0.1, 0.15) is 0 Å². The molecule has 2 heteroatoms. The molecule has 0 spiro atoms. The highest BCUT2D eigenvalue weighted by atomic mass is 79.9. The lowest BCUT2D eigenvalue weighted by atomic mass is 9.84. The van der Waals surface area contributed by atoms with Gasteiger partial charge in [0.2, 0.25) is 0 Å². The molecular weight excluding hydrogens is 384 g/mol. The molecule has 1 N–H and O–H groups in total. The molecule has 3 rings (SSSR count). The molecule has 1 aromatic carbocycles. The van der Waals surface area contributed by atoms with Crippen LogP contribution in [0.3, 0.4) is 0 Å². The molecule has 0 radical (unpaired) electrons. The fraction of sp³-hybridized carbons (Fsp3) is 0.500. The minimum absolute atomic E-state index is 0.595. The highest BCUT2D eigenvalue weighted by Gasteiger charge is 2.30. The number of rotatable bonds is 2. The summed E-state index contributed by atoms with van der Waals surface area (Å²) >= 11 is 3.81. The molecule has 0 aromatic heterocycles. The van der Waals surface area contributed by atoms with Crippen molar-refractivity contribution in [3.8, 4) is 0 Å². The van der Waals surface area contributed by atoms with Crippen molar-refractivity contribution in [2.75, 3.05) is 0 Å². The quantitative estimate of drug-likeness (QED) is 0.549. The van der Waals surface area contributed by atoms with Crippen LogP contribution >= 0.6 is 15.9 Å². The van der Waals surface area contributed by atoms with Crippen molar-refractivity contribution in [3.63, 3.8) is 0 Å². The summed E-state index contributed by atoms with van der Waals surface area (Å²) in [4.78, 5) is 0. The van der Waals surface area contributed by atoms with E-state index >= 15 is 0 Å². The summed E-state index contributed by atoms with van der Waals surface area (Å²) in [5, 5.41) is 11.3. The van der Waals surface area contributed by atoms with Gasteiger partial charge in [0, 0.05) is 4.48 Å². The van der Waals surface area contributed by atoms with Crippen LogP contribution in [0.1, 0.15) is 63.9 Å². The van der Waals surface area contributed by atoms with Gasteiger partial charge in [0.25, 0.3) is 0 Å². The molecule has 140 valence electrons. The lowest BCUT2D eigenvalue weighted by Gasteiger charge is -2.28. The first kappa shape index (κ1) is 19.6. The van der Waals surface area contributed by atoms with E-state index in [9.17, 15) is 5.11 Å². The molecule has 0 heterocycles. The summed E-state index contributed by atoms with van der Waals surface area (Å²) in [7, 11) is 0. The van der Waals surface area contributed by atoms with Gasteiger partial charge in [-0.15, -0.1) is 0 Å². The molecule has 0 saturated heterocycles. The van der Waals surface area contributed by atoms with Gasteiger partial charge in [-0.2, -0.15) is 0 Å². The molecule has 2 aliphatic rings. The van der Waals surface area contributed by atoms with Gasteiger partial charge >= 0.3 is 0 Å². The minimum atomic E-state index is -0.657. The van der Waals surface area contributed by atoms with Gasteiger partial charge in [0.15, 0.2) is 0 Å². The Balaban J connectivity index is 1.74. The van der Waals surface area contributed by atoms with Crippen molar-refractivity contribution >= 4 is 15.9 Å². The summed E-state index contributed by atoms with van der Waals surface area (Å²) in [6, 6.07) is 10.3. The summed E-state index contributed by atoms with van der Waals surface area (Å²) in [5.41, 5.74) is 1.91. The zero-order valence-corrected chi connectivity index (χ0v) is 17.4. The maximum Gasteiger partial charge on any atom is 0.0896 e. The fourth-order valence-corrected chi connectivity index (χ4v) is 4.98. The van der Waals surface area contributed by atoms with Gasteiger partial charge in [-0.25, -0.2) is 0 Å². The summed E-state index contributed by atoms with van der Waals surface area (Å²) in [5.74, 6) is 1.19. The van der Waals surface area contributed by atoms with E-state index < -0.39 is 5.60 Å². The molecule has 1 fully saturated rings. The van der Waals surface area contributed by atoms with E-state index in [-0.39, 0.29) is 0 Å². The van der Waals surface area contributed by atoms with Gasteiger partial charge in [-0.05, 0) is 67.6 Å².